The van der Waals surface area contributed by atoms with E-state index in [2.05, 4.69) is 15.6 Å². The number of hydrogen-bond donors (Lipinski definition) is 1. The molecule has 27 heavy (non-hydrogen) atoms. The van der Waals surface area contributed by atoms with Gasteiger partial charge in [0.2, 0.25) is 0 Å². The Bertz CT molecular complexity index is 1050. The largest absolute Gasteiger partial charge is 0.359 e. The number of nitrogens with one attached hydrogen (secondary N) is 1. The van der Waals surface area contributed by atoms with E-state index >= 15 is 0 Å². The highest BCUT2D eigenvalue weighted by Crippen LogP contribution is 2.21. The van der Waals surface area contributed by atoms with Crippen molar-refractivity contribution < 1.29 is 13.8 Å². The minimum atomic E-state index is -0.339. The highest BCUT2D eigenvalue weighted by atomic mass is 16.5. The maximum atomic E-state index is 12.3. The average Bonchev–Trinajstić information content (AvgIpc) is 3.37. The van der Waals surface area contributed by atoms with Gasteiger partial charge in [0.25, 0.3) is 5.91 Å². The number of rotatable bonds is 5. The lowest BCUT2D eigenvalue weighted by atomic mass is 10.1. The third-order valence-electron chi connectivity index (χ3n) is 4.13. The molecular weight excluding hydrogens is 342 g/mol. The molecule has 0 spiro atoms. The zero-order chi connectivity index (χ0) is 18.6. The molecule has 0 aliphatic carbocycles. The first-order valence-electron chi connectivity index (χ1n) is 8.52. The van der Waals surface area contributed by atoms with E-state index in [1.54, 1.807) is 6.07 Å². The van der Waals surface area contributed by atoms with E-state index < -0.39 is 0 Å². The van der Waals surface area contributed by atoms with Crippen LogP contribution >= 0.6 is 0 Å². The first-order chi connectivity index (χ1) is 13.2. The third-order valence-corrected chi connectivity index (χ3v) is 4.13. The lowest BCUT2D eigenvalue weighted by molar-refractivity contribution is 0.0938. The zero-order valence-corrected chi connectivity index (χ0v) is 14.7. The molecule has 0 saturated carbocycles. The molecule has 1 N–H and O–H groups in total. The summed E-state index contributed by atoms with van der Waals surface area (Å²) in [6.07, 6.45) is 0. The van der Waals surface area contributed by atoms with Gasteiger partial charge < -0.3 is 14.4 Å². The van der Waals surface area contributed by atoms with Gasteiger partial charge in [0.15, 0.2) is 17.2 Å². The molecule has 0 bridgehead atoms. The fourth-order valence-corrected chi connectivity index (χ4v) is 2.64. The summed E-state index contributed by atoms with van der Waals surface area (Å²) >= 11 is 0. The van der Waals surface area contributed by atoms with Gasteiger partial charge in [-0.05, 0) is 6.92 Å². The standard InChI is InChI=1S/C21H17N3O3/c1-14-7-9-15(10-8-14)18-11-17(26-23-18)13-22-21(25)19-12-20(27-24-19)16-5-3-2-4-6-16/h2-12H,13H2,1H3,(H,22,25). The van der Waals surface area contributed by atoms with Crippen LogP contribution in [-0.4, -0.2) is 16.2 Å². The third kappa shape index (κ3) is 3.79. The molecule has 6 nitrogen and oxygen atoms in total. The topological polar surface area (TPSA) is 81.2 Å². The fraction of sp³-hybridized carbons (Fsp3) is 0.0952. The van der Waals surface area contributed by atoms with Crippen molar-refractivity contribution >= 4 is 5.91 Å². The summed E-state index contributed by atoms with van der Waals surface area (Å²) in [5.41, 5.74) is 3.95. The second-order valence-electron chi connectivity index (χ2n) is 6.17. The molecule has 4 aromatic rings. The highest BCUT2D eigenvalue weighted by molar-refractivity contribution is 5.93. The molecule has 6 heteroatoms. The van der Waals surface area contributed by atoms with Crippen molar-refractivity contribution in [2.75, 3.05) is 0 Å². The molecule has 0 fully saturated rings. The number of carbonyl (C=O) groups excluding carboxylic acids is 1. The van der Waals surface area contributed by atoms with Crippen LogP contribution in [0.25, 0.3) is 22.6 Å². The number of hydrogen-bond acceptors (Lipinski definition) is 5. The summed E-state index contributed by atoms with van der Waals surface area (Å²) in [7, 11) is 0. The summed E-state index contributed by atoms with van der Waals surface area (Å²) in [5.74, 6) is 0.766. The number of carbonyl (C=O) groups is 1. The Hall–Kier alpha value is -3.67. The van der Waals surface area contributed by atoms with Crippen molar-refractivity contribution in [2.24, 2.45) is 0 Å². The summed E-state index contributed by atoms with van der Waals surface area (Å²) in [4.78, 5) is 12.3. The van der Waals surface area contributed by atoms with Crippen LogP contribution in [0.4, 0.5) is 0 Å². The summed E-state index contributed by atoms with van der Waals surface area (Å²) in [6.45, 7) is 2.24. The Labute approximate surface area is 155 Å². The van der Waals surface area contributed by atoms with Gasteiger partial charge in [-0.1, -0.05) is 70.5 Å². The maximum Gasteiger partial charge on any atom is 0.273 e. The lowest BCUT2D eigenvalue weighted by Gasteiger charge is -1.98. The lowest BCUT2D eigenvalue weighted by Crippen LogP contribution is -2.22. The first-order valence-corrected chi connectivity index (χ1v) is 8.52. The maximum absolute atomic E-state index is 12.3. The van der Waals surface area contributed by atoms with Crippen LogP contribution in [-0.2, 0) is 6.54 Å². The van der Waals surface area contributed by atoms with Crippen molar-refractivity contribution in [3.05, 3.63) is 83.7 Å². The summed E-state index contributed by atoms with van der Waals surface area (Å²) in [6, 6.07) is 20.9. The smallest absolute Gasteiger partial charge is 0.273 e. The molecule has 0 radical (unpaired) electrons. The molecular formula is C21H17N3O3. The Morgan fingerprint density at radius 2 is 1.70 bits per heavy atom. The van der Waals surface area contributed by atoms with Crippen LogP contribution in [0.5, 0.6) is 0 Å². The SMILES string of the molecule is Cc1ccc(-c2cc(CNC(=O)c3cc(-c4ccccc4)on3)on2)cc1. The number of aromatic nitrogens is 2. The number of benzene rings is 2. The molecule has 2 aromatic carbocycles. The number of amides is 1. The Morgan fingerprint density at radius 1 is 0.926 bits per heavy atom. The average molecular weight is 359 g/mol. The van der Waals surface area contributed by atoms with Crippen LogP contribution in [0.2, 0.25) is 0 Å². The van der Waals surface area contributed by atoms with Gasteiger partial charge in [-0.2, -0.15) is 0 Å². The van der Waals surface area contributed by atoms with Gasteiger partial charge in [-0.25, -0.2) is 0 Å². The molecule has 134 valence electrons. The minimum absolute atomic E-state index is 0.214. The molecule has 2 heterocycles. The van der Waals surface area contributed by atoms with Crippen molar-refractivity contribution in [1.82, 2.24) is 15.6 Å². The fourth-order valence-electron chi connectivity index (χ4n) is 2.64. The summed E-state index contributed by atoms with van der Waals surface area (Å²) in [5, 5.41) is 10.6. The Balaban J connectivity index is 1.40. The van der Waals surface area contributed by atoms with Gasteiger partial charge in [-0.15, -0.1) is 0 Å². The van der Waals surface area contributed by atoms with Crippen LogP contribution in [0.1, 0.15) is 21.8 Å². The molecule has 0 saturated heterocycles. The van der Waals surface area contributed by atoms with Gasteiger partial charge in [0.1, 0.15) is 5.69 Å². The first kappa shape index (κ1) is 16.8. The summed E-state index contributed by atoms with van der Waals surface area (Å²) < 4.78 is 10.6. The van der Waals surface area contributed by atoms with Crippen molar-refractivity contribution in [3.63, 3.8) is 0 Å². The van der Waals surface area contributed by atoms with E-state index in [0.717, 1.165) is 16.8 Å². The second-order valence-corrected chi connectivity index (χ2v) is 6.17. The highest BCUT2D eigenvalue weighted by Gasteiger charge is 2.14. The molecule has 0 atom stereocenters. The molecule has 4 rings (SSSR count). The van der Waals surface area contributed by atoms with Crippen LogP contribution in [0, 0.1) is 6.92 Å². The van der Waals surface area contributed by atoms with Gasteiger partial charge >= 0.3 is 0 Å². The van der Waals surface area contributed by atoms with E-state index in [4.69, 9.17) is 9.05 Å². The quantitative estimate of drug-likeness (QED) is 0.576. The molecule has 2 aromatic heterocycles. The van der Waals surface area contributed by atoms with Gasteiger partial charge in [0, 0.05) is 23.3 Å². The van der Waals surface area contributed by atoms with Crippen molar-refractivity contribution in [3.8, 4) is 22.6 Å². The number of aryl methyl sites for hydroxylation is 1. The second kappa shape index (κ2) is 7.29. The van der Waals surface area contributed by atoms with E-state index in [1.807, 2.05) is 67.6 Å². The van der Waals surface area contributed by atoms with E-state index in [1.165, 1.54) is 5.56 Å². The molecule has 0 aliphatic heterocycles. The van der Waals surface area contributed by atoms with Crippen molar-refractivity contribution in [2.45, 2.75) is 13.5 Å². The number of nitrogens with zero attached hydrogens (tertiary/aromatic N) is 2. The van der Waals surface area contributed by atoms with Crippen LogP contribution in [0.3, 0.4) is 0 Å². The van der Waals surface area contributed by atoms with Crippen LogP contribution < -0.4 is 5.32 Å². The van der Waals surface area contributed by atoms with Gasteiger partial charge in [-0.3, -0.25) is 4.79 Å². The predicted molar refractivity (Wildman–Crippen MR) is 99.8 cm³/mol. The molecule has 0 unspecified atom stereocenters. The van der Waals surface area contributed by atoms with Gasteiger partial charge in [0.05, 0.1) is 6.54 Å². The van der Waals surface area contributed by atoms with Crippen molar-refractivity contribution in [1.29, 1.82) is 0 Å². The monoisotopic (exact) mass is 359 g/mol. The normalized spacial score (nSPS) is 10.7. The van der Waals surface area contributed by atoms with Crippen LogP contribution in [0.15, 0.2) is 75.8 Å². The molecule has 0 aliphatic rings. The Kier molecular flexibility index (Phi) is 4.53. The minimum Gasteiger partial charge on any atom is -0.359 e. The zero-order valence-electron chi connectivity index (χ0n) is 14.7. The predicted octanol–water partition coefficient (Wildman–Crippen LogP) is 4.24. The van der Waals surface area contributed by atoms with E-state index in [-0.39, 0.29) is 18.1 Å². The Morgan fingerprint density at radius 3 is 2.48 bits per heavy atom. The molecule has 1 amide bonds. The van der Waals surface area contributed by atoms with E-state index in [9.17, 15) is 4.79 Å². The van der Waals surface area contributed by atoms with E-state index in [0.29, 0.717) is 11.5 Å².